The minimum atomic E-state index is 0.580. The molecular formula is C14H18N2. The van der Waals surface area contributed by atoms with Crippen LogP contribution in [0.2, 0.25) is 0 Å². The maximum absolute atomic E-state index is 3.38. The summed E-state index contributed by atoms with van der Waals surface area (Å²) in [4.78, 5) is 5.85. The van der Waals surface area contributed by atoms with Crippen LogP contribution in [0, 0.1) is 5.92 Å². The maximum Gasteiger partial charge on any atom is 0.0457 e. The Labute approximate surface area is 96.3 Å². The number of fused-ring (bicyclic) bond motifs is 1. The van der Waals surface area contributed by atoms with Crippen LogP contribution < -0.4 is 0 Å². The third-order valence-electron chi connectivity index (χ3n) is 3.89. The first-order valence-corrected chi connectivity index (χ1v) is 6.03. The molecule has 0 aliphatic carbocycles. The number of aromatic amines is 1. The Morgan fingerprint density at radius 2 is 2.12 bits per heavy atom. The second-order valence-electron chi connectivity index (χ2n) is 4.98. The number of likely N-dealkylation sites (tertiary alicyclic amines) is 1. The van der Waals surface area contributed by atoms with Crippen molar-refractivity contribution in [3.63, 3.8) is 0 Å². The molecule has 3 rings (SSSR count). The van der Waals surface area contributed by atoms with E-state index in [0.29, 0.717) is 6.04 Å². The van der Waals surface area contributed by atoms with Gasteiger partial charge in [0.1, 0.15) is 0 Å². The first-order chi connectivity index (χ1) is 7.77. The van der Waals surface area contributed by atoms with E-state index in [1.807, 2.05) is 0 Å². The molecule has 1 saturated heterocycles. The highest BCUT2D eigenvalue weighted by Crippen LogP contribution is 2.38. The zero-order valence-corrected chi connectivity index (χ0v) is 9.90. The van der Waals surface area contributed by atoms with E-state index < -0.39 is 0 Å². The Bertz CT molecular complexity index is 490. The minimum Gasteiger partial charge on any atom is -0.361 e. The minimum absolute atomic E-state index is 0.580. The van der Waals surface area contributed by atoms with E-state index in [1.165, 1.54) is 29.4 Å². The molecule has 84 valence electrons. The lowest BCUT2D eigenvalue weighted by atomic mass is 9.95. The molecule has 1 aliphatic heterocycles. The molecule has 2 atom stereocenters. The fourth-order valence-electron chi connectivity index (χ4n) is 3.02. The van der Waals surface area contributed by atoms with Gasteiger partial charge >= 0.3 is 0 Å². The van der Waals surface area contributed by atoms with Gasteiger partial charge in [0.05, 0.1) is 0 Å². The maximum atomic E-state index is 3.38. The molecule has 2 heterocycles. The van der Waals surface area contributed by atoms with Crippen LogP contribution >= 0.6 is 0 Å². The fraction of sp³-hybridized carbons (Fsp3) is 0.429. The molecule has 0 spiro atoms. The van der Waals surface area contributed by atoms with Crippen molar-refractivity contribution in [2.75, 3.05) is 13.6 Å². The molecule has 1 aromatic carbocycles. The van der Waals surface area contributed by atoms with Crippen molar-refractivity contribution in [2.24, 2.45) is 5.92 Å². The summed E-state index contributed by atoms with van der Waals surface area (Å²) in [6.45, 7) is 3.57. The van der Waals surface area contributed by atoms with Gasteiger partial charge in [0, 0.05) is 23.1 Å². The number of H-pyrrole nitrogens is 1. The highest BCUT2D eigenvalue weighted by Gasteiger charge is 2.31. The van der Waals surface area contributed by atoms with Crippen LogP contribution in [0.3, 0.4) is 0 Å². The number of hydrogen-bond acceptors (Lipinski definition) is 1. The van der Waals surface area contributed by atoms with E-state index >= 15 is 0 Å². The molecule has 1 fully saturated rings. The zero-order chi connectivity index (χ0) is 11.1. The molecule has 0 amide bonds. The van der Waals surface area contributed by atoms with E-state index in [4.69, 9.17) is 0 Å². The number of rotatable bonds is 1. The van der Waals surface area contributed by atoms with Crippen LogP contribution in [-0.4, -0.2) is 23.5 Å². The lowest BCUT2D eigenvalue weighted by Gasteiger charge is -2.22. The summed E-state index contributed by atoms with van der Waals surface area (Å²) >= 11 is 0. The Morgan fingerprint density at radius 3 is 2.88 bits per heavy atom. The van der Waals surface area contributed by atoms with Crippen molar-refractivity contribution in [1.29, 1.82) is 0 Å². The standard InChI is InChI=1S/C14H18N2/c1-10-7-8-16(2)14(10)12-9-15-13-6-4-3-5-11(12)13/h3-6,9-10,14-15H,7-8H2,1-2H3/t10-,14-/m0/s1. The normalized spacial score (nSPS) is 26.6. The molecule has 0 bridgehead atoms. The summed E-state index contributed by atoms with van der Waals surface area (Å²) in [5.74, 6) is 0.754. The van der Waals surface area contributed by atoms with Crippen LogP contribution in [0.4, 0.5) is 0 Å². The second-order valence-corrected chi connectivity index (χ2v) is 4.98. The number of aromatic nitrogens is 1. The number of benzene rings is 1. The van der Waals surface area contributed by atoms with Crippen molar-refractivity contribution >= 4 is 10.9 Å². The van der Waals surface area contributed by atoms with Gasteiger partial charge in [0.25, 0.3) is 0 Å². The Balaban J connectivity index is 2.11. The average Bonchev–Trinajstić information content (AvgIpc) is 2.83. The Morgan fingerprint density at radius 1 is 1.31 bits per heavy atom. The van der Waals surface area contributed by atoms with Gasteiger partial charge in [-0.05, 0) is 37.6 Å². The van der Waals surface area contributed by atoms with Crippen molar-refractivity contribution in [3.05, 3.63) is 36.0 Å². The third kappa shape index (κ3) is 1.37. The van der Waals surface area contributed by atoms with Crippen LogP contribution in [0.5, 0.6) is 0 Å². The lowest BCUT2D eigenvalue weighted by Crippen LogP contribution is -2.19. The topological polar surface area (TPSA) is 19.0 Å². The molecular weight excluding hydrogens is 196 g/mol. The van der Waals surface area contributed by atoms with E-state index in [9.17, 15) is 0 Å². The number of nitrogens with one attached hydrogen (secondary N) is 1. The largest absolute Gasteiger partial charge is 0.361 e. The summed E-state index contributed by atoms with van der Waals surface area (Å²) in [6, 6.07) is 9.17. The third-order valence-corrected chi connectivity index (χ3v) is 3.89. The summed E-state index contributed by atoms with van der Waals surface area (Å²) < 4.78 is 0. The van der Waals surface area contributed by atoms with Crippen molar-refractivity contribution in [3.8, 4) is 0 Å². The molecule has 0 unspecified atom stereocenters. The second kappa shape index (κ2) is 3.63. The first kappa shape index (κ1) is 9.91. The van der Waals surface area contributed by atoms with Gasteiger partial charge in [-0.25, -0.2) is 0 Å². The van der Waals surface area contributed by atoms with Crippen LogP contribution in [-0.2, 0) is 0 Å². The van der Waals surface area contributed by atoms with Crippen molar-refractivity contribution in [1.82, 2.24) is 9.88 Å². The zero-order valence-electron chi connectivity index (χ0n) is 9.90. The Hall–Kier alpha value is -1.28. The number of hydrogen-bond donors (Lipinski definition) is 1. The molecule has 16 heavy (non-hydrogen) atoms. The average molecular weight is 214 g/mol. The van der Waals surface area contributed by atoms with Gasteiger partial charge in [0.15, 0.2) is 0 Å². The molecule has 1 aromatic heterocycles. The SMILES string of the molecule is C[C@H]1CCN(C)[C@@H]1c1c[nH]c2ccccc12. The molecule has 1 N–H and O–H groups in total. The number of nitrogens with zero attached hydrogens (tertiary/aromatic N) is 1. The summed E-state index contributed by atoms with van der Waals surface area (Å²) in [7, 11) is 2.23. The van der Waals surface area contributed by atoms with Crippen LogP contribution in [0.25, 0.3) is 10.9 Å². The van der Waals surface area contributed by atoms with Gasteiger partial charge in [-0.1, -0.05) is 25.1 Å². The predicted molar refractivity (Wildman–Crippen MR) is 67.5 cm³/mol. The van der Waals surface area contributed by atoms with E-state index in [2.05, 4.69) is 54.3 Å². The highest BCUT2D eigenvalue weighted by molar-refractivity contribution is 5.83. The van der Waals surface area contributed by atoms with E-state index in [-0.39, 0.29) is 0 Å². The predicted octanol–water partition coefficient (Wildman–Crippen LogP) is 3.18. The lowest BCUT2D eigenvalue weighted by molar-refractivity contribution is 0.287. The monoisotopic (exact) mass is 214 g/mol. The van der Waals surface area contributed by atoms with Crippen LogP contribution in [0.15, 0.2) is 30.5 Å². The molecule has 2 nitrogen and oxygen atoms in total. The fourth-order valence-corrected chi connectivity index (χ4v) is 3.02. The smallest absolute Gasteiger partial charge is 0.0457 e. The summed E-state index contributed by atoms with van der Waals surface area (Å²) in [5, 5.41) is 1.38. The summed E-state index contributed by atoms with van der Waals surface area (Å²) in [6.07, 6.45) is 3.49. The number of para-hydroxylation sites is 1. The Kier molecular flexibility index (Phi) is 2.25. The highest BCUT2D eigenvalue weighted by atomic mass is 15.2. The molecule has 2 heteroatoms. The van der Waals surface area contributed by atoms with Gasteiger partial charge in [-0.15, -0.1) is 0 Å². The van der Waals surface area contributed by atoms with E-state index in [0.717, 1.165) is 5.92 Å². The van der Waals surface area contributed by atoms with Gasteiger partial charge in [-0.3, -0.25) is 4.90 Å². The van der Waals surface area contributed by atoms with Gasteiger partial charge < -0.3 is 4.98 Å². The van der Waals surface area contributed by atoms with Gasteiger partial charge in [-0.2, -0.15) is 0 Å². The summed E-state index contributed by atoms with van der Waals surface area (Å²) in [5.41, 5.74) is 2.72. The van der Waals surface area contributed by atoms with Crippen molar-refractivity contribution in [2.45, 2.75) is 19.4 Å². The molecule has 2 aromatic rings. The van der Waals surface area contributed by atoms with Crippen molar-refractivity contribution < 1.29 is 0 Å². The quantitative estimate of drug-likeness (QED) is 0.772. The molecule has 1 aliphatic rings. The van der Waals surface area contributed by atoms with Crippen LogP contribution in [0.1, 0.15) is 24.9 Å². The van der Waals surface area contributed by atoms with Gasteiger partial charge in [0.2, 0.25) is 0 Å². The molecule has 0 saturated carbocycles. The first-order valence-electron chi connectivity index (χ1n) is 6.03. The molecule has 0 radical (unpaired) electrons. The van der Waals surface area contributed by atoms with E-state index in [1.54, 1.807) is 0 Å².